The molecule has 1 aromatic heterocycles. The fourth-order valence-electron chi connectivity index (χ4n) is 3.21. The minimum absolute atomic E-state index is 0.698. The SMILES string of the molecule is CC(C)N1CC2CN(c3ccn(C)n3)CC2C1. The maximum atomic E-state index is 4.50. The second kappa shape index (κ2) is 4.02. The van der Waals surface area contributed by atoms with E-state index in [1.807, 2.05) is 17.9 Å². The van der Waals surface area contributed by atoms with E-state index in [-0.39, 0.29) is 0 Å². The first-order chi connectivity index (χ1) is 8.13. The Kier molecular flexibility index (Phi) is 2.62. The van der Waals surface area contributed by atoms with Crippen LogP contribution in [0, 0.1) is 11.8 Å². The van der Waals surface area contributed by atoms with Gasteiger partial charge in [-0.05, 0) is 25.7 Å². The molecule has 0 N–H and O–H groups in total. The highest BCUT2D eigenvalue weighted by atomic mass is 15.4. The Balaban J connectivity index is 1.66. The molecule has 4 nitrogen and oxygen atoms in total. The number of fused-ring (bicyclic) bond motifs is 1. The summed E-state index contributed by atoms with van der Waals surface area (Å²) < 4.78 is 1.89. The van der Waals surface area contributed by atoms with Crippen LogP contribution in [0.1, 0.15) is 13.8 Å². The summed E-state index contributed by atoms with van der Waals surface area (Å²) in [5.74, 6) is 2.84. The lowest BCUT2D eigenvalue weighted by Crippen LogP contribution is -2.33. The summed E-state index contributed by atoms with van der Waals surface area (Å²) in [5, 5.41) is 4.50. The molecule has 0 spiro atoms. The van der Waals surface area contributed by atoms with Gasteiger partial charge in [-0.15, -0.1) is 0 Å². The fraction of sp³-hybridized carbons (Fsp3) is 0.769. The number of hydrogen-bond acceptors (Lipinski definition) is 3. The van der Waals surface area contributed by atoms with Crippen molar-refractivity contribution < 1.29 is 0 Å². The average Bonchev–Trinajstić information content (AvgIpc) is 2.88. The molecule has 0 aliphatic carbocycles. The average molecular weight is 234 g/mol. The van der Waals surface area contributed by atoms with Crippen LogP contribution < -0.4 is 4.90 Å². The number of nitrogens with zero attached hydrogens (tertiary/aromatic N) is 4. The smallest absolute Gasteiger partial charge is 0.150 e. The van der Waals surface area contributed by atoms with Crippen LogP contribution in [0.15, 0.2) is 12.3 Å². The third-order valence-corrected chi connectivity index (χ3v) is 4.27. The van der Waals surface area contributed by atoms with Gasteiger partial charge >= 0.3 is 0 Å². The number of aromatic nitrogens is 2. The summed E-state index contributed by atoms with van der Waals surface area (Å²) in [6, 6.07) is 2.82. The quantitative estimate of drug-likeness (QED) is 0.768. The van der Waals surface area contributed by atoms with Crippen LogP contribution >= 0.6 is 0 Å². The van der Waals surface area contributed by atoms with E-state index in [2.05, 4.69) is 34.8 Å². The van der Waals surface area contributed by atoms with Gasteiger partial charge in [0.15, 0.2) is 5.82 Å². The van der Waals surface area contributed by atoms with Crippen LogP contribution in [-0.2, 0) is 7.05 Å². The first kappa shape index (κ1) is 11.1. The van der Waals surface area contributed by atoms with Crippen molar-refractivity contribution in [1.82, 2.24) is 14.7 Å². The molecule has 17 heavy (non-hydrogen) atoms. The maximum Gasteiger partial charge on any atom is 0.150 e. The molecule has 3 rings (SSSR count). The summed E-state index contributed by atoms with van der Waals surface area (Å²) in [4.78, 5) is 5.07. The van der Waals surface area contributed by atoms with Gasteiger partial charge in [0.2, 0.25) is 0 Å². The summed E-state index contributed by atoms with van der Waals surface area (Å²) in [6.07, 6.45) is 2.03. The highest BCUT2D eigenvalue weighted by Crippen LogP contribution is 2.33. The number of likely N-dealkylation sites (tertiary alicyclic amines) is 1. The molecular formula is C13H22N4. The largest absolute Gasteiger partial charge is 0.354 e. The van der Waals surface area contributed by atoms with E-state index >= 15 is 0 Å². The van der Waals surface area contributed by atoms with E-state index in [1.54, 1.807) is 0 Å². The third-order valence-electron chi connectivity index (χ3n) is 4.27. The molecule has 2 unspecified atom stereocenters. The minimum Gasteiger partial charge on any atom is -0.354 e. The van der Waals surface area contributed by atoms with E-state index in [1.165, 1.54) is 26.2 Å². The van der Waals surface area contributed by atoms with Crippen LogP contribution in [0.2, 0.25) is 0 Å². The van der Waals surface area contributed by atoms with Crippen molar-refractivity contribution in [1.29, 1.82) is 0 Å². The molecule has 0 radical (unpaired) electrons. The Morgan fingerprint density at radius 2 is 1.82 bits per heavy atom. The standard InChI is InChI=1S/C13H22N4/c1-10(2)16-6-11-8-17(9-12(11)7-16)13-4-5-15(3)14-13/h4-5,10-12H,6-9H2,1-3H3. The zero-order chi connectivity index (χ0) is 12.0. The van der Waals surface area contributed by atoms with E-state index in [4.69, 9.17) is 0 Å². The molecule has 1 aromatic rings. The summed E-state index contributed by atoms with van der Waals surface area (Å²) >= 11 is 0. The van der Waals surface area contributed by atoms with Crippen LogP contribution in [-0.4, -0.2) is 46.9 Å². The zero-order valence-electron chi connectivity index (χ0n) is 11.0. The van der Waals surface area contributed by atoms with Gasteiger partial charge in [-0.1, -0.05) is 0 Å². The van der Waals surface area contributed by atoms with Gasteiger partial charge in [-0.3, -0.25) is 4.68 Å². The lowest BCUT2D eigenvalue weighted by Gasteiger charge is -2.24. The zero-order valence-corrected chi connectivity index (χ0v) is 11.0. The molecule has 2 aliphatic heterocycles. The van der Waals surface area contributed by atoms with Gasteiger partial charge in [-0.2, -0.15) is 5.10 Å². The lowest BCUT2D eigenvalue weighted by molar-refractivity contribution is 0.258. The molecule has 2 aliphatic rings. The molecule has 0 aromatic carbocycles. The van der Waals surface area contributed by atoms with Crippen LogP contribution in [0.25, 0.3) is 0 Å². The Bertz CT molecular complexity index is 384. The Labute approximate surface area is 103 Å². The summed E-state index contributed by atoms with van der Waals surface area (Å²) in [7, 11) is 1.99. The molecule has 2 saturated heterocycles. The van der Waals surface area contributed by atoms with E-state index < -0.39 is 0 Å². The fourth-order valence-corrected chi connectivity index (χ4v) is 3.21. The van der Waals surface area contributed by atoms with Crippen molar-refractivity contribution >= 4 is 5.82 Å². The molecule has 0 saturated carbocycles. The van der Waals surface area contributed by atoms with Crippen molar-refractivity contribution in [2.75, 3.05) is 31.1 Å². The van der Waals surface area contributed by atoms with Crippen molar-refractivity contribution in [3.8, 4) is 0 Å². The van der Waals surface area contributed by atoms with Crippen LogP contribution in [0.3, 0.4) is 0 Å². The molecule has 3 heterocycles. The first-order valence-corrected chi connectivity index (χ1v) is 6.62. The van der Waals surface area contributed by atoms with Gasteiger partial charge in [-0.25, -0.2) is 0 Å². The van der Waals surface area contributed by atoms with E-state index in [0.29, 0.717) is 6.04 Å². The molecule has 0 bridgehead atoms. The van der Waals surface area contributed by atoms with Gasteiger partial charge in [0.05, 0.1) is 0 Å². The Hall–Kier alpha value is -1.03. The number of anilines is 1. The predicted molar refractivity (Wildman–Crippen MR) is 69.1 cm³/mol. The summed E-state index contributed by atoms with van der Waals surface area (Å²) in [5.41, 5.74) is 0. The summed E-state index contributed by atoms with van der Waals surface area (Å²) in [6.45, 7) is 9.52. The Morgan fingerprint density at radius 3 is 2.29 bits per heavy atom. The molecule has 0 amide bonds. The number of hydrogen-bond donors (Lipinski definition) is 0. The molecular weight excluding hydrogens is 212 g/mol. The topological polar surface area (TPSA) is 24.3 Å². The molecule has 94 valence electrons. The van der Waals surface area contributed by atoms with E-state index in [0.717, 1.165) is 17.7 Å². The maximum absolute atomic E-state index is 4.50. The highest BCUT2D eigenvalue weighted by molar-refractivity contribution is 5.39. The van der Waals surface area contributed by atoms with E-state index in [9.17, 15) is 0 Å². The van der Waals surface area contributed by atoms with Crippen molar-refractivity contribution in [2.24, 2.45) is 18.9 Å². The molecule has 4 heteroatoms. The van der Waals surface area contributed by atoms with Gasteiger partial charge in [0, 0.05) is 51.5 Å². The van der Waals surface area contributed by atoms with Gasteiger partial charge in [0.1, 0.15) is 0 Å². The number of rotatable bonds is 2. The molecule has 2 fully saturated rings. The third kappa shape index (κ3) is 1.95. The van der Waals surface area contributed by atoms with Crippen molar-refractivity contribution in [3.05, 3.63) is 12.3 Å². The molecule has 2 atom stereocenters. The minimum atomic E-state index is 0.698. The van der Waals surface area contributed by atoms with Crippen LogP contribution in [0.5, 0.6) is 0 Å². The number of aryl methyl sites for hydroxylation is 1. The lowest BCUT2D eigenvalue weighted by atomic mass is 10.0. The predicted octanol–water partition coefficient (Wildman–Crippen LogP) is 1.20. The second-order valence-corrected chi connectivity index (χ2v) is 5.82. The normalized spacial score (nSPS) is 29.3. The first-order valence-electron chi connectivity index (χ1n) is 6.62. The van der Waals surface area contributed by atoms with Gasteiger partial charge in [0.25, 0.3) is 0 Å². The van der Waals surface area contributed by atoms with Gasteiger partial charge < -0.3 is 9.80 Å². The second-order valence-electron chi connectivity index (χ2n) is 5.82. The van der Waals surface area contributed by atoms with Crippen molar-refractivity contribution in [2.45, 2.75) is 19.9 Å². The monoisotopic (exact) mass is 234 g/mol. The Morgan fingerprint density at radius 1 is 1.18 bits per heavy atom. The van der Waals surface area contributed by atoms with Crippen molar-refractivity contribution in [3.63, 3.8) is 0 Å². The highest BCUT2D eigenvalue weighted by Gasteiger charge is 2.40. The van der Waals surface area contributed by atoms with Crippen LogP contribution in [0.4, 0.5) is 5.82 Å².